The molecule has 0 radical (unpaired) electrons. The number of hydrogen-bond acceptors (Lipinski definition) is 4. The Morgan fingerprint density at radius 2 is 2.05 bits per heavy atom. The third-order valence-corrected chi connectivity index (χ3v) is 5.57. The Morgan fingerprint density at radius 1 is 1.41 bits per heavy atom. The molecule has 22 heavy (non-hydrogen) atoms. The molecule has 2 rings (SSSR count). The molecule has 2 aliphatic rings. The zero-order valence-corrected chi connectivity index (χ0v) is 14.7. The van der Waals surface area contributed by atoms with Crippen molar-refractivity contribution in [1.29, 1.82) is 0 Å². The van der Waals surface area contributed by atoms with Crippen LogP contribution >= 0.6 is 0 Å². The number of ether oxygens (including phenoxy) is 3. The van der Waals surface area contributed by atoms with Crippen LogP contribution in [0.25, 0.3) is 0 Å². The first-order valence-electron chi connectivity index (χ1n) is 8.24. The largest absolute Gasteiger partial charge is 0.358 e. The van der Waals surface area contributed by atoms with Gasteiger partial charge in [0.15, 0.2) is 12.6 Å². The standard InChI is InChI=1S/C18H30O4/c1-11(2)13-8-7-12(3)14(16(13)17(20-5)21-6)9-15-18(4,10-19)22-15/h7,10-11,13-17H,8-9H2,1-6H3/t13-,14+,15-,16-,18-/m1/s1. The van der Waals surface area contributed by atoms with Crippen LogP contribution < -0.4 is 0 Å². The van der Waals surface area contributed by atoms with Gasteiger partial charge in [0.2, 0.25) is 0 Å². The van der Waals surface area contributed by atoms with Gasteiger partial charge >= 0.3 is 0 Å². The van der Waals surface area contributed by atoms with Gasteiger partial charge in [-0.05, 0) is 44.4 Å². The van der Waals surface area contributed by atoms with E-state index in [2.05, 4.69) is 26.8 Å². The molecule has 0 aromatic rings. The number of aldehydes is 1. The molecule has 126 valence electrons. The van der Waals surface area contributed by atoms with Gasteiger partial charge in [0.05, 0.1) is 6.10 Å². The maximum Gasteiger partial charge on any atom is 0.160 e. The molecule has 1 aliphatic carbocycles. The van der Waals surface area contributed by atoms with Crippen molar-refractivity contribution in [2.24, 2.45) is 23.7 Å². The van der Waals surface area contributed by atoms with Crippen LogP contribution in [0.2, 0.25) is 0 Å². The molecule has 0 saturated carbocycles. The molecule has 1 aliphatic heterocycles. The molecule has 0 N–H and O–H groups in total. The molecule has 4 nitrogen and oxygen atoms in total. The lowest BCUT2D eigenvalue weighted by molar-refractivity contribution is -0.166. The summed E-state index contributed by atoms with van der Waals surface area (Å²) in [6.45, 7) is 8.56. The van der Waals surface area contributed by atoms with E-state index in [1.54, 1.807) is 14.2 Å². The summed E-state index contributed by atoms with van der Waals surface area (Å²) in [5, 5.41) is 0. The van der Waals surface area contributed by atoms with Gasteiger partial charge in [0.25, 0.3) is 0 Å². The Balaban J connectivity index is 2.23. The van der Waals surface area contributed by atoms with Crippen molar-refractivity contribution in [2.75, 3.05) is 14.2 Å². The molecular weight excluding hydrogens is 280 g/mol. The molecule has 0 amide bonds. The van der Waals surface area contributed by atoms with E-state index in [4.69, 9.17) is 14.2 Å². The van der Waals surface area contributed by atoms with E-state index in [-0.39, 0.29) is 12.4 Å². The van der Waals surface area contributed by atoms with E-state index in [0.717, 1.165) is 19.1 Å². The predicted octanol–water partition coefficient (Wildman–Crippen LogP) is 3.21. The van der Waals surface area contributed by atoms with Crippen LogP contribution in [0.15, 0.2) is 11.6 Å². The minimum atomic E-state index is -0.592. The fraction of sp³-hybridized carbons (Fsp3) is 0.833. The number of carbonyl (C=O) groups is 1. The maximum atomic E-state index is 11.1. The first-order valence-corrected chi connectivity index (χ1v) is 8.24. The van der Waals surface area contributed by atoms with E-state index in [0.29, 0.717) is 23.7 Å². The zero-order chi connectivity index (χ0) is 16.5. The highest BCUT2D eigenvalue weighted by Crippen LogP contribution is 2.48. The summed E-state index contributed by atoms with van der Waals surface area (Å²) in [5.74, 6) is 1.69. The molecule has 4 heteroatoms. The molecule has 0 spiro atoms. The van der Waals surface area contributed by atoms with E-state index in [1.165, 1.54) is 5.57 Å². The summed E-state index contributed by atoms with van der Waals surface area (Å²) < 4.78 is 16.9. The SMILES string of the molecule is COC(OC)[C@@H]1[C@@H](C(C)C)CC=C(C)[C@@H]1C[C@H]1O[C@]1(C)C=O. The molecule has 0 aromatic heterocycles. The summed E-state index contributed by atoms with van der Waals surface area (Å²) in [6, 6.07) is 0. The third-order valence-electron chi connectivity index (χ3n) is 5.57. The fourth-order valence-electron chi connectivity index (χ4n) is 3.98. The fourth-order valence-corrected chi connectivity index (χ4v) is 3.98. The number of methoxy groups -OCH3 is 2. The second-order valence-electron chi connectivity index (χ2n) is 7.26. The van der Waals surface area contributed by atoms with Gasteiger partial charge in [-0.1, -0.05) is 25.5 Å². The van der Waals surface area contributed by atoms with Crippen molar-refractivity contribution in [1.82, 2.24) is 0 Å². The third kappa shape index (κ3) is 3.29. The van der Waals surface area contributed by atoms with Crippen molar-refractivity contribution in [3.8, 4) is 0 Å². The Hall–Kier alpha value is -0.710. The summed E-state index contributed by atoms with van der Waals surface area (Å²) >= 11 is 0. The minimum absolute atomic E-state index is 0.0149. The van der Waals surface area contributed by atoms with E-state index < -0.39 is 5.60 Å². The molecule has 0 bridgehead atoms. The Bertz CT molecular complexity index is 427. The highest BCUT2D eigenvalue weighted by Gasteiger charge is 2.55. The lowest BCUT2D eigenvalue weighted by Crippen LogP contribution is -2.42. The molecule has 1 heterocycles. The van der Waals surface area contributed by atoms with Crippen LogP contribution in [0.4, 0.5) is 0 Å². The summed E-state index contributed by atoms with van der Waals surface area (Å²) in [4.78, 5) is 11.1. The minimum Gasteiger partial charge on any atom is -0.358 e. The van der Waals surface area contributed by atoms with Crippen molar-refractivity contribution in [3.63, 3.8) is 0 Å². The number of hydrogen-bond donors (Lipinski definition) is 0. The summed E-state index contributed by atoms with van der Waals surface area (Å²) in [7, 11) is 3.42. The van der Waals surface area contributed by atoms with Crippen LogP contribution in [-0.4, -0.2) is 38.5 Å². The summed E-state index contributed by atoms with van der Waals surface area (Å²) in [5.41, 5.74) is 0.773. The predicted molar refractivity (Wildman–Crippen MR) is 85.4 cm³/mol. The number of epoxide rings is 1. The lowest BCUT2D eigenvalue weighted by atomic mass is 9.66. The zero-order valence-electron chi connectivity index (χ0n) is 14.7. The number of rotatable bonds is 7. The molecule has 0 aromatic carbocycles. The second kappa shape index (κ2) is 6.81. The Kier molecular flexibility index (Phi) is 5.46. The molecule has 1 saturated heterocycles. The van der Waals surface area contributed by atoms with Crippen LogP contribution in [0.3, 0.4) is 0 Å². The number of carbonyl (C=O) groups excluding carboxylic acids is 1. The van der Waals surface area contributed by atoms with Crippen LogP contribution in [0.5, 0.6) is 0 Å². The highest BCUT2D eigenvalue weighted by molar-refractivity contribution is 5.66. The van der Waals surface area contributed by atoms with Gasteiger partial charge in [-0.25, -0.2) is 0 Å². The Morgan fingerprint density at radius 3 is 2.50 bits per heavy atom. The van der Waals surface area contributed by atoms with Crippen molar-refractivity contribution >= 4 is 6.29 Å². The highest BCUT2D eigenvalue weighted by atomic mass is 16.7. The van der Waals surface area contributed by atoms with Gasteiger partial charge in [0.1, 0.15) is 5.60 Å². The van der Waals surface area contributed by atoms with Crippen molar-refractivity contribution in [3.05, 3.63) is 11.6 Å². The van der Waals surface area contributed by atoms with Crippen LogP contribution in [-0.2, 0) is 19.0 Å². The smallest absolute Gasteiger partial charge is 0.160 e. The molecule has 0 unspecified atom stereocenters. The van der Waals surface area contributed by atoms with E-state index in [1.807, 2.05) is 6.92 Å². The topological polar surface area (TPSA) is 48.1 Å². The quantitative estimate of drug-likeness (QED) is 0.313. The monoisotopic (exact) mass is 310 g/mol. The van der Waals surface area contributed by atoms with Crippen molar-refractivity contribution < 1.29 is 19.0 Å². The summed E-state index contributed by atoms with van der Waals surface area (Å²) in [6.07, 6.45) is 4.98. The van der Waals surface area contributed by atoms with Gasteiger partial charge < -0.3 is 19.0 Å². The van der Waals surface area contributed by atoms with Gasteiger partial charge in [-0.15, -0.1) is 0 Å². The molecule has 5 atom stereocenters. The van der Waals surface area contributed by atoms with Gasteiger partial charge in [0, 0.05) is 20.1 Å². The van der Waals surface area contributed by atoms with Gasteiger partial charge in [-0.2, -0.15) is 0 Å². The maximum absolute atomic E-state index is 11.1. The van der Waals surface area contributed by atoms with Crippen molar-refractivity contribution in [2.45, 2.75) is 58.5 Å². The van der Waals surface area contributed by atoms with E-state index >= 15 is 0 Å². The average Bonchev–Trinajstić information content (AvgIpc) is 3.14. The lowest BCUT2D eigenvalue weighted by Gasteiger charge is -2.42. The first-order chi connectivity index (χ1) is 10.4. The van der Waals surface area contributed by atoms with E-state index in [9.17, 15) is 4.79 Å². The Labute approximate surface area is 134 Å². The molecular formula is C18H30O4. The first kappa shape index (κ1) is 17.6. The normalized spacial score (nSPS) is 38.3. The van der Waals surface area contributed by atoms with Gasteiger partial charge in [-0.3, -0.25) is 0 Å². The average molecular weight is 310 g/mol. The molecule has 1 fully saturated rings. The van der Waals surface area contributed by atoms with Crippen LogP contribution in [0, 0.1) is 23.7 Å². The van der Waals surface area contributed by atoms with Crippen LogP contribution in [0.1, 0.15) is 40.5 Å². The number of allylic oxidation sites excluding steroid dienone is 2. The second-order valence-corrected chi connectivity index (χ2v) is 7.26.